The summed E-state index contributed by atoms with van der Waals surface area (Å²) in [5.41, 5.74) is 1.01. The first-order valence-electron chi connectivity index (χ1n) is 5.91. The Hall–Kier alpha value is -1.20. The van der Waals surface area contributed by atoms with E-state index >= 15 is 0 Å². The SMILES string of the molecule is Cc1ccc(S(=O)(=O)NC2CC=C(F)CC2)cc1. The molecule has 0 bridgehead atoms. The molecule has 0 aromatic heterocycles. The topological polar surface area (TPSA) is 46.2 Å². The van der Waals surface area contributed by atoms with Crippen LogP contribution in [0.3, 0.4) is 0 Å². The zero-order valence-corrected chi connectivity index (χ0v) is 11.0. The Morgan fingerprint density at radius 2 is 1.94 bits per heavy atom. The normalized spacial score (nSPS) is 20.6. The van der Waals surface area contributed by atoms with Gasteiger partial charge in [-0.2, -0.15) is 0 Å². The molecule has 5 heteroatoms. The lowest BCUT2D eigenvalue weighted by atomic mass is 10.0. The molecule has 0 saturated carbocycles. The maximum absolute atomic E-state index is 12.8. The molecule has 1 N–H and O–H groups in total. The Morgan fingerprint density at radius 3 is 2.50 bits per heavy atom. The second-order valence-corrected chi connectivity index (χ2v) is 6.27. The smallest absolute Gasteiger partial charge is 0.212 e. The fourth-order valence-electron chi connectivity index (χ4n) is 1.91. The van der Waals surface area contributed by atoms with Gasteiger partial charge in [0.1, 0.15) is 0 Å². The third-order valence-corrected chi connectivity index (χ3v) is 4.54. The van der Waals surface area contributed by atoms with Crippen molar-refractivity contribution in [1.29, 1.82) is 0 Å². The van der Waals surface area contributed by atoms with Gasteiger partial charge in [0.05, 0.1) is 10.7 Å². The summed E-state index contributed by atoms with van der Waals surface area (Å²) in [6, 6.07) is 6.47. The molecule has 0 heterocycles. The van der Waals surface area contributed by atoms with E-state index in [4.69, 9.17) is 0 Å². The summed E-state index contributed by atoms with van der Waals surface area (Å²) in [6.45, 7) is 1.90. The number of rotatable bonds is 3. The monoisotopic (exact) mass is 269 g/mol. The standard InChI is InChI=1S/C13H16FNO2S/c1-10-2-8-13(9-3-10)18(16,17)15-12-6-4-11(14)5-7-12/h2-4,8-9,12,15H,5-7H2,1H3. The molecule has 1 aliphatic carbocycles. The van der Waals surface area contributed by atoms with Crippen molar-refractivity contribution in [2.75, 3.05) is 0 Å². The average molecular weight is 269 g/mol. The van der Waals surface area contributed by atoms with Crippen LogP contribution in [0.15, 0.2) is 41.1 Å². The van der Waals surface area contributed by atoms with Gasteiger partial charge in [-0.15, -0.1) is 0 Å². The molecule has 0 aliphatic heterocycles. The van der Waals surface area contributed by atoms with Gasteiger partial charge >= 0.3 is 0 Å². The lowest BCUT2D eigenvalue weighted by molar-refractivity contribution is 0.466. The number of hydrogen-bond donors (Lipinski definition) is 1. The lowest BCUT2D eigenvalue weighted by Gasteiger charge is -2.20. The van der Waals surface area contributed by atoms with Gasteiger partial charge in [-0.25, -0.2) is 17.5 Å². The number of sulfonamides is 1. The second kappa shape index (κ2) is 5.20. The van der Waals surface area contributed by atoms with E-state index in [1.54, 1.807) is 24.3 Å². The Labute approximate surface area is 107 Å². The van der Waals surface area contributed by atoms with Crippen LogP contribution in [0.1, 0.15) is 24.8 Å². The third-order valence-electron chi connectivity index (χ3n) is 3.01. The van der Waals surface area contributed by atoms with Gasteiger partial charge in [0.25, 0.3) is 0 Å². The lowest BCUT2D eigenvalue weighted by Crippen LogP contribution is -2.35. The van der Waals surface area contributed by atoms with Gasteiger partial charge in [0.2, 0.25) is 10.0 Å². The van der Waals surface area contributed by atoms with Gasteiger partial charge in [-0.1, -0.05) is 23.8 Å². The average Bonchev–Trinajstić information content (AvgIpc) is 2.32. The van der Waals surface area contributed by atoms with Crippen molar-refractivity contribution in [3.8, 4) is 0 Å². The van der Waals surface area contributed by atoms with Gasteiger partial charge in [0.15, 0.2) is 0 Å². The highest BCUT2D eigenvalue weighted by Crippen LogP contribution is 2.20. The van der Waals surface area contributed by atoms with E-state index in [-0.39, 0.29) is 16.8 Å². The van der Waals surface area contributed by atoms with Crippen molar-refractivity contribution in [3.05, 3.63) is 41.7 Å². The summed E-state index contributed by atoms with van der Waals surface area (Å²) in [6.07, 6.45) is 2.68. The second-order valence-electron chi connectivity index (χ2n) is 4.56. The predicted octanol–water partition coefficient (Wildman–Crippen LogP) is 2.68. The van der Waals surface area contributed by atoms with E-state index in [1.165, 1.54) is 6.08 Å². The van der Waals surface area contributed by atoms with Crippen LogP contribution >= 0.6 is 0 Å². The Bertz CT molecular complexity index is 549. The molecule has 1 atom stereocenters. The molecule has 1 aliphatic rings. The first-order valence-corrected chi connectivity index (χ1v) is 7.39. The van der Waals surface area contributed by atoms with Crippen LogP contribution in [0.2, 0.25) is 0 Å². The number of allylic oxidation sites excluding steroid dienone is 1. The maximum Gasteiger partial charge on any atom is 0.240 e. The highest BCUT2D eigenvalue weighted by molar-refractivity contribution is 7.89. The fraction of sp³-hybridized carbons (Fsp3) is 0.385. The minimum atomic E-state index is -3.50. The third kappa shape index (κ3) is 3.17. The minimum Gasteiger partial charge on any atom is -0.212 e. The number of halogens is 1. The van der Waals surface area contributed by atoms with Crippen LogP contribution in [0.4, 0.5) is 4.39 Å². The molecule has 0 radical (unpaired) electrons. The summed E-state index contributed by atoms with van der Waals surface area (Å²) in [5, 5.41) is 0. The van der Waals surface area contributed by atoms with Crippen LogP contribution in [0.25, 0.3) is 0 Å². The largest absolute Gasteiger partial charge is 0.240 e. The molecule has 1 aromatic rings. The number of nitrogens with one attached hydrogen (secondary N) is 1. The van der Waals surface area contributed by atoms with E-state index < -0.39 is 10.0 Å². The maximum atomic E-state index is 12.8. The van der Waals surface area contributed by atoms with Gasteiger partial charge in [0, 0.05) is 12.5 Å². The quantitative estimate of drug-likeness (QED) is 0.917. The first-order chi connectivity index (χ1) is 8.47. The summed E-state index contributed by atoms with van der Waals surface area (Å²) in [4.78, 5) is 0.253. The van der Waals surface area contributed by atoms with Crippen LogP contribution in [-0.2, 0) is 10.0 Å². The van der Waals surface area contributed by atoms with Crippen molar-refractivity contribution in [3.63, 3.8) is 0 Å². The van der Waals surface area contributed by atoms with E-state index in [1.807, 2.05) is 6.92 Å². The molecule has 2 rings (SSSR count). The van der Waals surface area contributed by atoms with Crippen molar-refractivity contribution >= 4 is 10.0 Å². The molecule has 98 valence electrons. The van der Waals surface area contributed by atoms with Gasteiger partial charge in [-0.05, 0) is 31.9 Å². The molecule has 1 aromatic carbocycles. The summed E-state index contributed by atoms with van der Waals surface area (Å²) >= 11 is 0. The fourth-order valence-corrected chi connectivity index (χ4v) is 3.20. The predicted molar refractivity (Wildman–Crippen MR) is 68.3 cm³/mol. The Kier molecular flexibility index (Phi) is 3.82. The molecular weight excluding hydrogens is 253 g/mol. The summed E-state index contributed by atoms with van der Waals surface area (Å²) in [5.74, 6) is -0.152. The van der Waals surface area contributed by atoms with Crippen molar-refractivity contribution in [1.82, 2.24) is 4.72 Å². The van der Waals surface area contributed by atoms with Crippen LogP contribution in [0, 0.1) is 6.92 Å². The van der Waals surface area contributed by atoms with Crippen LogP contribution < -0.4 is 4.72 Å². The molecule has 3 nitrogen and oxygen atoms in total. The highest BCUT2D eigenvalue weighted by Gasteiger charge is 2.21. The number of hydrogen-bond acceptors (Lipinski definition) is 2. The van der Waals surface area contributed by atoms with Crippen LogP contribution in [-0.4, -0.2) is 14.5 Å². The molecule has 0 saturated heterocycles. The minimum absolute atomic E-state index is 0.152. The van der Waals surface area contributed by atoms with Crippen LogP contribution in [0.5, 0.6) is 0 Å². The summed E-state index contributed by atoms with van der Waals surface area (Å²) in [7, 11) is -3.50. The zero-order valence-electron chi connectivity index (χ0n) is 10.2. The first kappa shape index (κ1) is 13.2. The van der Waals surface area contributed by atoms with Crippen molar-refractivity contribution < 1.29 is 12.8 Å². The molecule has 0 fully saturated rings. The number of benzene rings is 1. The highest BCUT2D eigenvalue weighted by atomic mass is 32.2. The van der Waals surface area contributed by atoms with E-state index in [2.05, 4.69) is 4.72 Å². The molecular formula is C13H16FNO2S. The molecule has 18 heavy (non-hydrogen) atoms. The summed E-state index contributed by atoms with van der Waals surface area (Å²) < 4.78 is 39.6. The Morgan fingerprint density at radius 1 is 1.28 bits per heavy atom. The molecule has 1 unspecified atom stereocenters. The molecule has 0 spiro atoms. The van der Waals surface area contributed by atoms with Crippen molar-refractivity contribution in [2.45, 2.75) is 37.1 Å². The number of aryl methyl sites for hydroxylation is 1. The van der Waals surface area contributed by atoms with Crippen molar-refractivity contribution in [2.24, 2.45) is 0 Å². The van der Waals surface area contributed by atoms with E-state index in [9.17, 15) is 12.8 Å². The van der Waals surface area contributed by atoms with Gasteiger partial charge < -0.3 is 0 Å². The Balaban J connectivity index is 2.10. The zero-order chi connectivity index (χ0) is 13.2. The van der Waals surface area contributed by atoms with Gasteiger partial charge in [-0.3, -0.25) is 0 Å². The van der Waals surface area contributed by atoms with E-state index in [0.29, 0.717) is 19.3 Å². The van der Waals surface area contributed by atoms with E-state index in [0.717, 1.165) is 5.56 Å². The molecule has 0 amide bonds.